The molecule has 1 aliphatic carbocycles. The number of pyridine rings is 1. The van der Waals surface area contributed by atoms with Crippen LogP contribution in [-0.2, 0) is 0 Å². The van der Waals surface area contributed by atoms with Crippen LogP contribution in [-0.4, -0.2) is 9.91 Å². The van der Waals surface area contributed by atoms with Crippen LogP contribution in [0, 0.1) is 10.1 Å². The van der Waals surface area contributed by atoms with E-state index >= 15 is 0 Å². The summed E-state index contributed by atoms with van der Waals surface area (Å²) in [4.78, 5) is 15.6. The number of aromatic nitrogens is 1. The Labute approximate surface area is 111 Å². The van der Waals surface area contributed by atoms with Crippen molar-refractivity contribution in [2.75, 3.05) is 0 Å². The van der Waals surface area contributed by atoms with Crippen LogP contribution in [0.1, 0.15) is 43.7 Å². The van der Waals surface area contributed by atoms with Gasteiger partial charge in [0.05, 0.1) is 21.5 Å². The van der Waals surface area contributed by atoms with Gasteiger partial charge in [-0.2, -0.15) is 0 Å². The molecule has 0 atom stereocenters. The second kappa shape index (κ2) is 4.96. The van der Waals surface area contributed by atoms with E-state index in [1.165, 1.54) is 19.3 Å². The maximum atomic E-state index is 11.2. The molecular weight excluding hydrogens is 240 g/mol. The molecule has 1 fully saturated rings. The van der Waals surface area contributed by atoms with E-state index in [1.807, 2.05) is 18.2 Å². The number of hydrogen-bond acceptors (Lipinski definition) is 3. The minimum absolute atomic E-state index is 0.186. The Kier molecular flexibility index (Phi) is 3.15. The Morgan fingerprint density at radius 2 is 1.89 bits per heavy atom. The molecule has 1 heterocycles. The second-order valence-corrected chi connectivity index (χ2v) is 5.18. The predicted molar refractivity (Wildman–Crippen MR) is 74.2 cm³/mol. The lowest BCUT2D eigenvalue weighted by atomic mass is 9.86. The Morgan fingerprint density at radius 1 is 1.16 bits per heavy atom. The van der Waals surface area contributed by atoms with Gasteiger partial charge in [0.15, 0.2) is 0 Å². The van der Waals surface area contributed by atoms with Crippen molar-refractivity contribution in [2.45, 2.75) is 38.0 Å². The number of nitro groups is 1. The van der Waals surface area contributed by atoms with Crippen molar-refractivity contribution in [1.29, 1.82) is 0 Å². The molecule has 0 spiro atoms. The van der Waals surface area contributed by atoms with Crippen LogP contribution in [0.3, 0.4) is 0 Å². The molecule has 3 rings (SSSR count). The number of rotatable bonds is 2. The molecule has 1 saturated carbocycles. The first-order valence-corrected chi connectivity index (χ1v) is 6.80. The van der Waals surface area contributed by atoms with Gasteiger partial charge in [0.25, 0.3) is 5.69 Å². The quantitative estimate of drug-likeness (QED) is 0.598. The van der Waals surface area contributed by atoms with Crippen molar-refractivity contribution in [3.63, 3.8) is 0 Å². The van der Waals surface area contributed by atoms with Crippen LogP contribution >= 0.6 is 0 Å². The average Bonchev–Trinajstić information content (AvgIpc) is 2.47. The number of benzene rings is 1. The zero-order chi connectivity index (χ0) is 13.2. The lowest BCUT2D eigenvalue weighted by molar-refractivity contribution is -0.383. The highest BCUT2D eigenvalue weighted by Gasteiger charge is 2.21. The molecule has 0 amide bonds. The Morgan fingerprint density at radius 3 is 2.63 bits per heavy atom. The minimum atomic E-state index is -0.295. The zero-order valence-electron chi connectivity index (χ0n) is 10.7. The molecule has 2 aromatic rings. The maximum absolute atomic E-state index is 11.2. The van der Waals surface area contributed by atoms with Crippen molar-refractivity contribution in [3.8, 4) is 0 Å². The molecule has 1 aromatic carbocycles. The Bertz CT molecular complexity index is 619. The van der Waals surface area contributed by atoms with Crippen molar-refractivity contribution in [2.24, 2.45) is 0 Å². The van der Waals surface area contributed by atoms with Gasteiger partial charge in [-0.1, -0.05) is 31.4 Å². The Balaban J connectivity index is 2.12. The molecule has 1 aliphatic rings. The summed E-state index contributed by atoms with van der Waals surface area (Å²) < 4.78 is 0. The molecule has 4 nitrogen and oxygen atoms in total. The van der Waals surface area contributed by atoms with Crippen molar-refractivity contribution in [1.82, 2.24) is 4.98 Å². The highest BCUT2D eigenvalue weighted by atomic mass is 16.6. The van der Waals surface area contributed by atoms with Gasteiger partial charge in [-0.05, 0) is 25.0 Å². The van der Waals surface area contributed by atoms with Crippen molar-refractivity contribution < 1.29 is 4.92 Å². The van der Waals surface area contributed by atoms with Crippen molar-refractivity contribution >= 4 is 16.6 Å². The fraction of sp³-hybridized carbons (Fsp3) is 0.400. The molecule has 0 bridgehead atoms. The second-order valence-electron chi connectivity index (χ2n) is 5.18. The van der Waals surface area contributed by atoms with Gasteiger partial charge >= 0.3 is 0 Å². The SMILES string of the molecule is O=[N+]([O-])c1cc(C2CCCCC2)nc2ccccc12. The van der Waals surface area contributed by atoms with E-state index in [0.717, 1.165) is 24.1 Å². The number of para-hydroxylation sites is 1. The topological polar surface area (TPSA) is 56.0 Å². The van der Waals surface area contributed by atoms with Gasteiger partial charge in [0.2, 0.25) is 0 Å². The smallest absolute Gasteiger partial charge is 0.258 e. The fourth-order valence-corrected chi connectivity index (χ4v) is 2.94. The molecule has 0 saturated heterocycles. The van der Waals surface area contributed by atoms with Gasteiger partial charge in [0.1, 0.15) is 0 Å². The molecule has 1 aromatic heterocycles. The van der Waals surface area contributed by atoms with Crippen LogP contribution in [0.25, 0.3) is 10.9 Å². The lowest BCUT2D eigenvalue weighted by Crippen LogP contribution is -2.07. The number of fused-ring (bicyclic) bond motifs is 1. The highest BCUT2D eigenvalue weighted by molar-refractivity contribution is 5.87. The highest BCUT2D eigenvalue weighted by Crippen LogP contribution is 2.35. The van der Waals surface area contributed by atoms with E-state index in [-0.39, 0.29) is 10.6 Å². The summed E-state index contributed by atoms with van der Waals surface area (Å²) in [5.41, 5.74) is 1.81. The van der Waals surface area contributed by atoms with E-state index in [9.17, 15) is 10.1 Å². The first-order chi connectivity index (χ1) is 9.25. The molecule has 98 valence electrons. The molecule has 0 N–H and O–H groups in total. The van der Waals surface area contributed by atoms with Crippen LogP contribution in [0.15, 0.2) is 30.3 Å². The van der Waals surface area contributed by atoms with Gasteiger partial charge < -0.3 is 0 Å². The van der Waals surface area contributed by atoms with Crippen LogP contribution in [0.4, 0.5) is 5.69 Å². The third kappa shape index (κ3) is 2.30. The third-order valence-electron chi connectivity index (χ3n) is 3.93. The summed E-state index contributed by atoms with van der Waals surface area (Å²) in [7, 11) is 0. The van der Waals surface area contributed by atoms with Gasteiger partial charge in [-0.3, -0.25) is 15.1 Å². The molecule has 0 radical (unpaired) electrons. The standard InChI is InChI=1S/C15H16N2O2/c18-17(19)15-10-14(11-6-2-1-3-7-11)16-13-9-5-4-8-12(13)15/h4-5,8-11H,1-3,6-7H2. The molecule has 4 heteroatoms. The minimum Gasteiger partial charge on any atom is -0.258 e. The summed E-state index contributed by atoms with van der Waals surface area (Å²) in [6, 6.07) is 9.00. The summed E-state index contributed by atoms with van der Waals surface area (Å²) in [5, 5.41) is 11.9. The Hall–Kier alpha value is -1.97. The first-order valence-electron chi connectivity index (χ1n) is 6.80. The summed E-state index contributed by atoms with van der Waals surface area (Å²) >= 11 is 0. The molecule has 0 aliphatic heterocycles. The normalized spacial score (nSPS) is 16.6. The van der Waals surface area contributed by atoms with Gasteiger partial charge in [0, 0.05) is 12.0 Å². The number of nitrogens with zero attached hydrogens (tertiary/aromatic N) is 2. The van der Waals surface area contributed by atoms with E-state index < -0.39 is 0 Å². The van der Waals surface area contributed by atoms with Crippen LogP contribution in [0.2, 0.25) is 0 Å². The van der Waals surface area contributed by atoms with E-state index in [2.05, 4.69) is 4.98 Å². The molecule has 19 heavy (non-hydrogen) atoms. The zero-order valence-corrected chi connectivity index (χ0v) is 10.7. The van der Waals surface area contributed by atoms with Gasteiger partial charge in [-0.15, -0.1) is 0 Å². The van der Waals surface area contributed by atoms with Crippen LogP contribution < -0.4 is 0 Å². The predicted octanol–water partition coefficient (Wildman–Crippen LogP) is 4.19. The van der Waals surface area contributed by atoms with Gasteiger partial charge in [-0.25, -0.2) is 0 Å². The lowest BCUT2D eigenvalue weighted by Gasteiger charge is -2.21. The maximum Gasteiger partial charge on any atom is 0.280 e. The molecular formula is C15H16N2O2. The number of hydrogen-bond donors (Lipinski definition) is 0. The van der Waals surface area contributed by atoms with Crippen molar-refractivity contribution in [3.05, 3.63) is 46.1 Å². The summed E-state index contributed by atoms with van der Waals surface area (Å²) in [6.07, 6.45) is 5.87. The average molecular weight is 256 g/mol. The molecule has 0 unspecified atom stereocenters. The largest absolute Gasteiger partial charge is 0.280 e. The monoisotopic (exact) mass is 256 g/mol. The first kappa shape index (κ1) is 12.1. The fourth-order valence-electron chi connectivity index (χ4n) is 2.94. The summed E-state index contributed by atoms with van der Waals surface area (Å²) in [6.45, 7) is 0. The third-order valence-corrected chi connectivity index (χ3v) is 3.93. The van der Waals surface area contributed by atoms with E-state index in [1.54, 1.807) is 12.1 Å². The van der Waals surface area contributed by atoms with E-state index in [0.29, 0.717) is 11.3 Å². The van der Waals surface area contributed by atoms with Crippen LogP contribution in [0.5, 0.6) is 0 Å². The van der Waals surface area contributed by atoms with E-state index in [4.69, 9.17) is 0 Å². The summed E-state index contributed by atoms with van der Waals surface area (Å²) in [5.74, 6) is 0.386.